The molecule has 0 atom stereocenters. The SMILES string of the molecule is CCOc1ccc(C=Nn2c(-c3cc4cc(Cl)ccc4o3)nc3ccccc3c2=O)cc1Br. The van der Waals surface area contributed by atoms with Crippen LogP contribution in [0.4, 0.5) is 0 Å². The predicted molar refractivity (Wildman–Crippen MR) is 135 cm³/mol. The molecule has 33 heavy (non-hydrogen) atoms. The Labute approximate surface area is 202 Å². The molecule has 0 aliphatic rings. The smallest absolute Gasteiger partial charge is 0.282 e. The Balaban J connectivity index is 1.67. The average molecular weight is 523 g/mol. The van der Waals surface area contributed by atoms with Crippen molar-refractivity contribution in [3.63, 3.8) is 0 Å². The van der Waals surface area contributed by atoms with E-state index in [0.717, 1.165) is 21.2 Å². The van der Waals surface area contributed by atoms with Gasteiger partial charge in [0, 0.05) is 10.4 Å². The minimum atomic E-state index is -0.296. The maximum absolute atomic E-state index is 13.3. The Bertz CT molecular complexity index is 1590. The number of nitrogens with zero attached hydrogens (tertiary/aromatic N) is 3. The summed E-state index contributed by atoms with van der Waals surface area (Å²) < 4.78 is 13.6. The summed E-state index contributed by atoms with van der Waals surface area (Å²) in [6.07, 6.45) is 1.60. The van der Waals surface area contributed by atoms with E-state index in [1.807, 2.05) is 31.2 Å². The highest BCUT2D eigenvalue weighted by Gasteiger charge is 2.16. The minimum absolute atomic E-state index is 0.296. The molecule has 0 aliphatic heterocycles. The number of aromatic nitrogens is 2. The third-order valence-electron chi connectivity index (χ3n) is 5.03. The van der Waals surface area contributed by atoms with Gasteiger partial charge in [0.05, 0.1) is 28.2 Å². The first kappa shape index (κ1) is 21.4. The highest BCUT2D eigenvalue weighted by Crippen LogP contribution is 2.29. The molecule has 0 radical (unpaired) electrons. The van der Waals surface area contributed by atoms with Crippen LogP contribution in [0.3, 0.4) is 0 Å². The lowest BCUT2D eigenvalue weighted by Gasteiger charge is -2.08. The minimum Gasteiger partial charge on any atom is -0.493 e. The van der Waals surface area contributed by atoms with Crippen molar-refractivity contribution in [1.29, 1.82) is 0 Å². The van der Waals surface area contributed by atoms with Crippen LogP contribution in [0.1, 0.15) is 12.5 Å². The van der Waals surface area contributed by atoms with Crippen LogP contribution in [-0.2, 0) is 0 Å². The van der Waals surface area contributed by atoms with Crippen LogP contribution in [-0.4, -0.2) is 22.5 Å². The molecule has 0 N–H and O–H groups in total. The zero-order valence-electron chi connectivity index (χ0n) is 17.5. The Morgan fingerprint density at radius 2 is 2.00 bits per heavy atom. The molecule has 0 unspecified atom stereocenters. The first-order chi connectivity index (χ1) is 16.0. The summed E-state index contributed by atoms with van der Waals surface area (Å²) >= 11 is 9.63. The monoisotopic (exact) mass is 521 g/mol. The van der Waals surface area contributed by atoms with Crippen LogP contribution in [0.5, 0.6) is 5.75 Å². The second kappa shape index (κ2) is 8.84. The number of halogens is 2. The van der Waals surface area contributed by atoms with Gasteiger partial charge in [-0.3, -0.25) is 4.79 Å². The van der Waals surface area contributed by atoms with E-state index in [0.29, 0.717) is 39.7 Å². The first-order valence-corrected chi connectivity index (χ1v) is 11.4. The maximum Gasteiger partial charge on any atom is 0.282 e. The number of ether oxygens (including phenoxy) is 1. The van der Waals surface area contributed by atoms with Crippen molar-refractivity contribution in [2.75, 3.05) is 6.61 Å². The average Bonchev–Trinajstić information content (AvgIpc) is 3.23. The lowest BCUT2D eigenvalue weighted by Crippen LogP contribution is -2.20. The Kier molecular flexibility index (Phi) is 5.74. The molecule has 2 heterocycles. The van der Waals surface area contributed by atoms with E-state index >= 15 is 0 Å². The van der Waals surface area contributed by atoms with E-state index in [1.165, 1.54) is 4.68 Å². The van der Waals surface area contributed by atoms with Crippen LogP contribution >= 0.6 is 27.5 Å². The van der Waals surface area contributed by atoms with E-state index in [4.69, 9.17) is 20.8 Å². The molecule has 5 aromatic rings. The zero-order chi connectivity index (χ0) is 22.9. The van der Waals surface area contributed by atoms with Crippen molar-refractivity contribution in [2.45, 2.75) is 6.92 Å². The summed E-state index contributed by atoms with van der Waals surface area (Å²) in [5.74, 6) is 1.45. The van der Waals surface area contributed by atoms with Crippen molar-refractivity contribution < 1.29 is 9.15 Å². The molecular formula is C25H17BrClN3O3. The number of para-hydroxylation sites is 1. The summed E-state index contributed by atoms with van der Waals surface area (Å²) in [6.45, 7) is 2.49. The van der Waals surface area contributed by atoms with Crippen molar-refractivity contribution in [3.8, 4) is 17.3 Å². The number of hydrogen-bond donors (Lipinski definition) is 0. The van der Waals surface area contributed by atoms with E-state index in [-0.39, 0.29) is 5.56 Å². The molecule has 0 aliphatic carbocycles. The molecule has 8 heteroatoms. The Morgan fingerprint density at radius 1 is 1.15 bits per heavy atom. The third-order valence-corrected chi connectivity index (χ3v) is 5.89. The summed E-state index contributed by atoms with van der Waals surface area (Å²) in [5, 5.41) is 6.35. The van der Waals surface area contributed by atoms with Crippen LogP contribution in [0, 0.1) is 0 Å². The molecule has 2 aromatic heterocycles. The fourth-order valence-electron chi connectivity index (χ4n) is 3.51. The highest BCUT2D eigenvalue weighted by atomic mass is 79.9. The second-order valence-corrected chi connectivity index (χ2v) is 8.52. The van der Waals surface area contributed by atoms with Gasteiger partial charge in [-0.2, -0.15) is 9.78 Å². The molecular weight excluding hydrogens is 506 g/mol. The molecule has 0 spiro atoms. The van der Waals surface area contributed by atoms with Gasteiger partial charge in [-0.1, -0.05) is 23.7 Å². The van der Waals surface area contributed by atoms with E-state index in [2.05, 4.69) is 26.0 Å². The molecule has 0 amide bonds. The molecule has 0 saturated heterocycles. The van der Waals surface area contributed by atoms with Gasteiger partial charge in [0.25, 0.3) is 5.56 Å². The van der Waals surface area contributed by atoms with Gasteiger partial charge in [0.1, 0.15) is 11.3 Å². The van der Waals surface area contributed by atoms with Gasteiger partial charge in [-0.05, 0) is 83.0 Å². The topological polar surface area (TPSA) is 69.6 Å². The van der Waals surface area contributed by atoms with Crippen molar-refractivity contribution in [3.05, 3.63) is 92.1 Å². The number of hydrogen-bond acceptors (Lipinski definition) is 5. The first-order valence-electron chi connectivity index (χ1n) is 10.2. The van der Waals surface area contributed by atoms with Crippen molar-refractivity contribution in [2.24, 2.45) is 5.10 Å². The standard InChI is InChI=1S/C25H17BrClN3O3/c1-2-32-22-9-7-15(11-19(22)26)14-28-30-24(29-20-6-4-3-5-18(20)25(30)31)23-13-16-12-17(27)8-10-21(16)33-23/h3-14H,2H2,1H3. The van der Waals surface area contributed by atoms with E-state index in [1.54, 1.807) is 48.7 Å². The van der Waals surface area contributed by atoms with E-state index in [9.17, 15) is 4.79 Å². The fourth-order valence-corrected chi connectivity index (χ4v) is 4.20. The Hall–Kier alpha value is -3.42. The summed E-state index contributed by atoms with van der Waals surface area (Å²) in [4.78, 5) is 18.0. The number of benzene rings is 3. The maximum atomic E-state index is 13.3. The van der Waals surface area contributed by atoms with Crippen molar-refractivity contribution >= 4 is 55.6 Å². The number of rotatable bonds is 5. The van der Waals surface area contributed by atoms with Crippen LogP contribution in [0.25, 0.3) is 33.5 Å². The quantitative estimate of drug-likeness (QED) is 0.247. The summed E-state index contributed by atoms with van der Waals surface area (Å²) in [5.41, 5.74) is 1.69. The molecule has 5 rings (SSSR count). The third kappa shape index (κ3) is 4.17. The van der Waals surface area contributed by atoms with Gasteiger partial charge in [-0.25, -0.2) is 4.98 Å². The molecule has 0 fully saturated rings. The summed E-state index contributed by atoms with van der Waals surface area (Å²) in [7, 11) is 0. The molecule has 0 saturated carbocycles. The number of fused-ring (bicyclic) bond motifs is 2. The van der Waals surface area contributed by atoms with Gasteiger partial charge < -0.3 is 9.15 Å². The van der Waals surface area contributed by atoms with Crippen LogP contribution < -0.4 is 10.3 Å². The normalized spacial score (nSPS) is 11.6. The lowest BCUT2D eigenvalue weighted by atomic mass is 10.2. The van der Waals surface area contributed by atoms with Gasteiger partial charge >= 0.3 is 0 Å². The second-order valence-electron chi connectivity index (χ2n) is 7.23. The number of furan rings is 1. The molecule has 164 valence electrons. The largest absolute Gasteiger partial charge is 0.493 e. The predicted octanol–water partition coefficient (Wildman–Crippen LogP) is 6.51. The van der Waals surface area contributed by atoms with Gasteiger partial charge in [-0.15, -0.1) is 0 Å². The van der Waals surface area contributed by atoms with Crippen LogP contribution in [0.2, 0.25) is 5.02 Å². The van der Waals surface area contributed by atoms with Gasteiger partial charge in [0.15, 0.2) is 5.76 Å². The van der Waals surface area contributed by atoms with Crippen molar-refractivity contribution in [1.82, 2.24) is 9.66 Å². The highest BCUT2D eigenvalue weighted by molar-refractivity contribution is 9.10. The zero-order valence-corrected chi connectivity index (χ0v) is 19.8. The van der Waals surface area contributed by atoms with E-state index < -0.39 is 0 Å². The molecule has 0 bridgehead atoms. The van der Waals surface area contributed by atoms with Gasteiger partial charge in [0.2, 0.25) is 5.82 Å². The molecule has 3 aromatic carbocycles. The van der Waals surface area contributed by atoms with Crippen LogP contribution in [0.15, 0.2) is 85.5 Å². The molecule has 6 nitrogen and oxygen atoms in total. The Morgan fingerprint density at radius 3 is 2.82 bits per heavy atom. The summed E-state index contributed by atoms with van der Waals surface area (Å²) in [6, 6.07) is 19.9. The fraction of sp³-hybridized carbons (Fsp3) is 0.0800. The lowest BCUT2D eigenvalue weighted by molar-refractivity contribution is 0.338.